The van der Waals surface area contributed by atoms with Crippen molar-refractivity contribution < 1.29 is 4.79 Å². The first-order valence-corrected chi connectivity index (χ1v) is 7.97. The van der Waals surface area contributed by atoms with Gasteiger partial charge in [0.2, 0.25) is 0 Å². The normalized spacial score (nSPS) is 16.9. The number of nitrogens with one attached hydrogen (secondary N) is 1. The van der Waals surface area contributed by atoms with Crippen LogP contribution in [-0.2, 0) is 0 Å². The van der Waals surface area contributed by atoms with Gasteiger partial charge in [0.1, 0.15) is 5.69 Å². The average Bonchev–Trinajstić information content (AvgIpc) is 3.02. The minimum absolute atomic E-state index is 0.0316. The van der Waals surface area contributed by atoms with Crippen LogP contribution in [0.5, 0.6) is 0 Å². The zero-order valence-electron chi connectivity index (χ0n) is 10.1. The minimum Gasteiger partial charge on any atom is -0.347 e. The van der Waals surface area contributed by atoms with Crippen molar-refractivity contribution in [2.75, 3.05) is 12.0 Å². The number of halogens is 1. The van der Waals surface area contributed by atoms with Crippen LogP contribution in [0.4, 0.5) is 0 Å². The van der Waals surface area contributed by atoms with Gasteiger partial charge in [-0.25, -0.2) is 0 Å². The lowest BCUT2D eigenvalue weighted by Gasteiger charge is -2.13. The fourth-order valence-corrected chi connectivity index (χ4v) is 2.89. The third kappa shape index (κ3) is 3.28. The van der Waals surface area contributed by atoms with Crippen LogP contribution in [-0.4, -0.2) is 28.5 Å². The maximum atomic E-state index is 12.1. The molecule has 1 amide bonds. The summed E-state index contributed by atoms with van der Waals surface area (Å²) >= 11 is 5.18. The number of thioether (sulfide) groups is 1. The first-order chi connectivity index (χ1) is 8.11. The van der Waals surface area contributed by atoms with E-state index in [9.17, 15) is 4.79 Å². The number of carbonyl (C=O) groups excluding carboxylic acids is 1. The van der Waals surface area contributed by atoms with E-state index >= 15 is 0 Å². The second kappa shape index (κ2) is 5.48. The monoisotopic (exact) mass is 316 g/mol. The molecular formula is C12H17BrN2OS. The summed E-state index contributed by atoms with van der Waals surface area (Å²) in [5.74, 6) is 0.973. The molecule has 0 spiro atoms. The Morgan fingerprint density at radius 3 is 3.00 bits per heavy atom. The molecule has 3 nitrogen and oxygen atoms in total. The van der Waals surface area contributed by atoms with Crippen LogP contribution in [0.15, 0.2) is 16.7 Å². The third-order valence-electron chi connectivity index (χ3n) is 2.78. The van der Waals surface area contributed by atoms with Crippen LogP contribution >= 0.6 is 27.7 Å². The predicted octanol–water partition coefficient (Wildman–Crippen LogP) is 3.07. The first kappa shape index (κ1) is 13.0. The summed E-state index contributed by atoms with van der Waals surface area (Å²) in [4.78, 5) is 12.1. The molecule has 1 aromatic heterocycles. The van der Waals surface area contributed by atoms with Gasteiger partial charge in [-0.15, -0.1) is 0 Å². The lowest BCUT2D eigenvalue weighted by Crippen LogP contribution is -2.35. The van der Waals surface area contributed by atoms with E-state index < -0.39 is 0 Å². The first-order valence-electron chi connectivity index (χ1n) is 5.79. The number of hydrogen-bond acceptors (Lipinski definition) is 2. The van der Waals surface area contributed by atoms with E-state index in [0.717, 1.165) is 15.9 Å². The second-order valence-electron chi connectivity index (χ2n) is 4.51. The number of aromatic nitrogens is 1. The summed E-state index contributed by atoms with van der Waals surface area (Å²) in [6.45, 7) is 2.04. The molecule has 1 N–H and O–H groups in total. The van der Waals surface area contributed by atoms with Gasteiger partial charge in [0, 0.05) is 28.5 Å². The standard InChI is InChI=1S/C12H17BrN2OS/c1-8(7-17-2)14-12(16)11-5-9(13)6-15(11)10-3-4-10/h5-6,8,10H,3-4,7H2,1-2H3,(H,14,16). The fourth-order valence-electron chi connectivity index (χ4n) is 1.87. The Kier molecular flexibility index (Phi) is 4.20. The molecule has 1 aliphatic rings. The predicted molar refractivity (Wildman–Crippen MR) is 75.7 cm³/mol. The van der Waals surface area contributed by atoms with Crippen molar-refractivity contribution in [2.24, 2.45) is 0 Å². The number of rotatable bonds is 5. The Labute approximate surface area is 114 Å². The van der Waals surface area contributed by atoms with Gasteiger partial charge in [-0.2, -0.15) is 11.8 Å². The molecule has 1 atom stereocenters. The van der Waals surface area contributed by atoms with Gasteiger partial charge in [0.15, 0.2) is 0 Å². The van der Waals surface area contributed by atoms with E-state index in [-0.39, 0.29) is 11.9 Å². The van der Waals surface area contributed by atoms with Crippen LogP contribution in [0.1, 0.15) is 36.3 Å². The van der Waals surface area contributed by atoms with Crippen molar-refractivity contribution >= 4 is 33.6 Å². The molecule has 1 aromatic rings. The molecule has 0 saturated heterocycles. The van der Waals surface area contributed by atoms with Crippen LogP contribution < -0.4 is 5.32 Å². The van der Waals surface area contributed by atoms with Crippen LogP contribution in [0.3, 0.4) is 0 Å². The van der Waals surface area contributed by atoms with Gasteiger partial charge in [0.05, 0.1) is 0 Å². The van der Waals surface area contributed by atoms with Crippen molar-refractivity contribution in [3.63, 3.8) is 0 Å². The number of carbonyl (C=O) groups is 1. The highest BCUT2D eigenvalue weighted by molar-refractivity contribution is 9.10. The van der Waals surface area contributed by atoms with Crippen molar-refractivity contribution in [1.82, 2.24) is 9.88 Å². The quantitative estimate of drug-likeness (QED) is 0.905. The van der Waals surface area contributed by atoms with Gasteiger partial charge in [-0.3, -0.25) is 4.79 Å². The fraction of sp³-hybridized carbons (Fsp3) is 0.583. The second-order valence-corrected chi connectivity index (χ2v) is 6.34. The van der Waals surface area contributed by atoms with E-state index in [2.05, 4.69) is 25.8 Å². The third-order valence-corrected chi connectivity index (χ3v) is 4.05. The van der Waals surface area contributed by atoms with Gasteiger partial charge in [0.25, 0.3) is 5.91 Å². The lowest BCUT2D eigenvalue weighted by molar-refractivity contribution is 0.0934. The molecule has 1 unspecified atom stereocenters. The largest absolute Gasteiger partial charge is 0.347 e. The number of hydrogen-bond donors (Lipinski definition) is 1. The zero-order chi connectivity index (χ0) is 12.4. The summed E-state index contributed by atoms with van der Waals surface area (Å²) < 4.78 is 3.07. The summed E-state index contributed by atoms with van der Waals surface area (Å²) in [7, 11) is 0. The van der Waals surface area contributed by atoms with Crippen molar-refractivity contribution in [1.29, 1.82) is 0 Å². The summed E-state index contributed by atoms with van der Waals surface area (Å²) in [5.41, 5.74) is 0.771. The molecule has 1 saturated carbocycles. The molecule has 0 aliphatic heterocycles. The number of nitrogens with zero attached hydrogens (tertiary/aromatic N) is 1. The van der Waals surface area contributed by atoms with Gasteiger partial charge in [-0.1, -0.05) is 0 Å². The van der Waals surface area contributed by atoms with E-state index in [1.165, 1.54) is 12.8 Å². The smallest absolute Gasteiger partial charge is 0.268 e. The Hall–Kier alpha value is -0.420. The highest BCUT2D eigenvalue weighted by Gasteiger charge is 2.27. The van der Waals surface area contributed by atoms with Crippen LogP contribution in [0.25, 0.3) is 0 Å². The SMILES string of the molecule is CSCC(C)NC(=O)c1cc(Br)cn1C1CC1. The molecule has 1 heterocycles. The van der Waals surface area contributed by atoms with Crippen LogP contribution in [0, 0.1) is 0 Å². The molecule has 1 fully saturated rings. The minimum atomic E-state index is 0.0316. The summed E-state index contributed by atoms with van der Waals surface area (Å²) in [5, 5.41) is 3.03. The molecular weight excluding hydrogens is 300 g/mol. The zero-order valence-corrected chi connectivity index (χ0v) is 12.5. The molecule has 5 heteroatoms. The maximum absolute atomic E-state index is 12.1. The van der Waals surface area contributed by atoms with Crippen molar-refractivity contribution in [3.05, 3.63) is 22.4 Å². The van der Waals surface area contributed by atoms with E-state index in [4.69, 9.17) is 0 Å². The van der Waals surface area contributed by atoms with Crippen molar-refractivity contribution in [2.45, 2.75) is 31.8 Å². The Morgan fingerprint density at radius 1 is 1.71 bits per heavy atom. The molecule has 1 aliphatic carbocycles. The van der Waals surface area contributed by atoms with E-state index in [1.807, 2.05) is 25.4 Å². The molecule has 0 bridgehead atoms. The number of amides is 1. The highest BCUT2D eigenvalue weighted by Crippen LogP contribution is 2.37. The highest BCUT2D eigenvalue weighted by atomic mass is 79.9. The molecule has 0 radical (unpaired) electrons. The average molecular weight is 317 g/mol. The van der Waals surface area contributed by atoms with Crippen molar-refractivity contribution in [3.8, 4) is 0 Å². The summed E-state index contributed by atoms with van der Waals surface area (Å²) in [6.07, 6.45) is 6.42. The Bertz CT molecular complexity index is 415. The Morgan fingerprint density at radius 2 is 2.41 bits per heavy atom. The topological polar surface area (TPSA) is 34.0 Å². The maximum Gasteiger partial charge on any atom is 0.268 e. The molecule has 94 valence electrons. The molecule has 2 rings (SSSR count). The van der Waals surface area contributed by atoms with Gasteiger partial charge < -0.3 is 9.88 Å². The van der Waals surface area contributed by atoms with Crippen LogP contribution in [0.2, 0.25) is 0 Å². The molecule has 0 aromatic carbocycles. The van der Waals surface area contributed by atoms with E-state index in [0.29, 0.717) is 6.04 Å². The molecule has 17 heavy (non-hydrogen) atoms. The summed E-state index contributed by atoms with van der Waals surface area (Å²) in [6, 6.07) is 2.64. The van der Waals surface area contributed by atoms with Gasteiger partial charge in [-0.05, 0) is 48.0 Å². The Balaban J connectivity index is 2.07. The van der Waals surface area contributed by atoms with Gasteiger partial charge >= 0.3 is 0 Å². The van der Waals surface area contributed by atoms with E-state index in [1.54, 1.807) is 11.8 Å². The lowest BCUT2D eigenvalue weighted by atomic mass is 10.3.